The average molecular weight is 406 g/mol. The molecular formula is C12H10Cl2Ta-6. The van der Waals surface area contributed by atoms with Crippen LogP contribution in [0.2, 0.25) is 0 Å². The van der Waals surface area contributed by atoms with Gasteiger partial charge >= 0.3 is 36.0 Å². The van der Waals surface area contributed by atoms with Gasteiger partial charge in [-0.05, 0) is 0 Å². The maximum atomic E-state index is 4.94. The number of hydrogen-bond acceptors (Lipinski definition) is 0. The number of halogens is 2. The predicted octanol–water partition coefficient (Wildman–Crippen LogP) is 4.01. The van der Waals surface area contributed by atoms with Crippen LogP contribution >= 0.6 is 18.4 Å². The number of rotatable bonds is 0. The van der Waals surface area contributed by atoms with Crippen LogP contribution in [0.3, 0.4) is 0 Å². The van der Waals surface area contributed by atoms with Gasteiger partial charge in [0.25, 0.3) is 0 Å². The van der Waals surface area contributed by atoms with Gasteiger partial charge in [-0.3, -0.25) is 0 Å². The molecule has 0 aliphatic carbocycles. The van der Waals surface area contributed by atoms with Gasteiger partial charge in [-0.15, -0.1) is 0 Å². The summed E-state index contributed by atoms with van der Waals surface area (Å²) in [6.45, 7) is 3.99. The summed E-state index contributed by atoms with van der Waals surface area (Å²) in [7, 11) is 9.89. The van der Waals surface area contributed by atoms with Crippen molar-refractivity contribution in [3.8, 4) is 0 Å². The molecule has 0 aliphatic rings. The predicted molar refractivity (Wildman–Crippen MR) is 60.6 cm³/mol. The molecule has 83 valence electrons. The molecule has 0 atom stereocenters. The van der Waals surface area contributed by atoms with E-state index >= 15 is 0 Å². The van der Waals surface area contributed by atoms with Gasteiger partial charge in [-0.1, -0.05) is 6.92 Å². The summed E-state index contributed by atoms with van der Waals surface area (Å²) in [5, 5.41) is 0. The van der Waals surface area contributed by atoms with Gasteiger partial charge in [0.1, 0.15) is 0 Å². The van der Waals surface area contributed by atoms with Gasteiger partial charge in [0.05, 0.1) is 0 Å². The van der Waals surface area contributed by atoms with E-state index in [0.29, 0.717) is 0 Å². The summed E-state index contributed by atoms with van der Waals surface area (Å²) in [4.78, 5) is 0. The monoisotopic (exact) mass is 405 g/mol. The van der Waals surface area contributed by atoms with Crippen LogP contribution < -0.4 is 0 Å². The van der Waals surface area contributed by atoms with Crippen molar-refractivity contribution in [1.82, 2.24) is 0 Å². The Balaban J connectivity index is 0.000000210. The Labute approximate surface area is 109 Å². The Bertz CT molecular complexity index is 266. The molecule has 0 spiro atoms. The Kier molecular flexibility index (Phi) is 10.5. The van der Waals surface area contributed by atoms with Crippen LogP contribution in [0.5, 0.6) is 0 Å². The molecule has 15 heavy (non-hydrogen) atoms. The van der Waals surface area contributed by atoms with Crippen LogP contribution in [-0.4, -0.2) is 0 Å². The van der Waals surface area contributed by atoms with E-state index in [1.54, 1.807) is 0 Å². The molecule has 0 aromatic heterocycles. The first-order chi connectivity index (χ1) is 7.20. The van der Waals surface area contributed by atoms with Crippen molar-refractivity contribution in [2.45, 2.75) is 13.8 Å². The minimum absolute atomic E-state index is 0.889. The third-order valence-electron chi connectivity index (χ3n) is 1.39. The molecule has 0 radical (unpaired) electrons. The SMILES string of the molecule is C[c-]1[c-][c-][c-][c-]1.C[c-]1cccc1.[Cl][Ta][Cl]. The van der Waals surface area contributed by atoms with Crippen molar-refractivity contribution in [2.75, 3.05) is 0 Å². The molecule has 0 amide bonds. The van der Waals surface area contributed by atoms with E-state index in [1.807, 2.05) is 19.1 Å². The van der Waals surface area contributed by atoms with Gasteiger partial charge in [-0.2, -0.15) is 17.7 Å². The zero-order valence-electron chi connectivity index (χ0n) is 8.51. The fourth-order valence-electron chi connectivity index (χ4n) is 0.751. The van der Waals surface area contributed by atoms with Crippen molar-refractivity contribution in [3.63, 3.8) is 0 Å². The van der Waals surface area contributed by atoms with Crippen LogP contribution in [0.25, 0.3) is 0 Å². The van der Waals surface area contributed by atoms with Gasteiger partial charge in [0, 0.05) is 0 Å². The van der Waals surface area contributed by atoms with E-state index in [4.69, 9.17) is 18.4 Å². The topological polar surface area (TPSA) is 0 Å². The van der Waals surface area contributed by atoms with Crippen molar-refractivity contribution < 1.29 is 17.6 Å². The molecule has 0 saturated heterocycles. The van der Waals surface area contributed by atoms with E-state index in [1.165, 1.54) is 5.56 Å². The average Bonchev–Trinajstić information content (AvgIpc) is 2.81. The molecule has 2 aromatic carbocycles. The summed E-state index contributed by atoms with van der Waals surface area (Å²) in [6, 6.07) is 19.0. The van der Waals surface area contributed by atoms with Gasteiger partial charge in [0.15, 0.2) is 0 Å². The van der Waals surface area contributed by atoms with E-state index in [9.17, 15) is 0 Å². The second-order valence-electron chi connectivity index (χ2n) is 2.65. The Morgan fingerprint density at radius 1 is 1.00 bits per heavy atom. The second kappa shape index (κ2) is 10.5. The van der Waals surface area contributed by atoms with Crippen LogP contribution in [-0.2, 0) is 17.6 Å². The first-order valence-corrected chi connectivity index (χ1v) is 12.1. The van der Waals surface area contributed by atoms with Crippen molar-refractivity contribution in [1.29, 1.82) is 0 Å². The van der Waals surface area contributed by atoms with Gasteiger partial charge in [-0.25, -0.2) is 19.1 Å². The Morgan fingerprint density at radius 3 is 1.53 bits per heavy atom. The second-order valence-corrected chi connectivity index (χ2v) is 7.29. The third kappa shape index (κ3) is 10.3. The zero-order chi connectivity index (χ0) is 11.5. The molecule has 0 fully saturated rings. The standard InChI is InChI=1S/C6H7.C6H3.2ClH.Ta/c2*1-6-4-2-3-5-6;;;/h2-5H,1H3;1H3;2*1H;/q-1;-5;;;+2/p-2. The van der Waals surface area contributed by atoms with Crippen LogP contribution in [0, 0.1) is 38.1 Å². The number of hydrogen-bond donors (Lipinski definition) is 0. The minimum atomic E-state index is -0.889. The molecule has 0 N–H and O–H groups in total. The quantitative estimate of drug-likeness (QED) is 0.581. The molecule has 0 bridgehead atoms. The molecule has 0 nitrogen and oxygen atoms in total. The summed E-state index contributed by atoms with van der Waals surface area (Å²) in [5.74, 6) is 0. The molecule has 0 aliphatic heterocycles. The van der Waals surface area contributed by atoms with E-state index < -0.39 is 17.6 Å². The van der Waals surface area contributed by atoms with Crippen molar-refractivity contribution in [3.05, 3.63) is 59.7 Å². The fraction of sp³-hybridized carbons (Fsp3) is 0.167. The molecule has 0 unspecified atom stereocenters. The maximum absolute atomic E-state index is 4.94. The van der Waals surface area contributed by atoms with E-state index in [0.717, 1.165) is 5.56 Å². The van der Waals surface area contributed by atoms with Crippen LogP contribution in [0.4, 0.5) is 0 Å². The molecule has 2 aromatic rings. The van der Waals surface area contributed by atoms with E-state index in [2.05, 4.69) is 43.3 Å². The number of aryl methyl sites for hydroxylation is 2. The zero-order valence-corrected chi connectivity index (χ0v) is 13.2. The van der Waals surface area contributed by atoms with Crippen LogP contribution in [0.15, 0.2) is 24.3 Å². The summed E-state index contributed by atoms with van der Waals surface area (Å²) < 4.78 is 0. The Morgan fingerprint density at radius 2 is 1.40 bits per heavy atom. The van der Waals surface area contributed by atoms with Crippen LogP contribution in [0.1, 0.15) is 11.1 Å². The van der Waals surface area contributed by atoms with Gasteiger partial charge < -0.3 is 29.8 Å². The molecule has 3 heteroatoms. The summed E-state index contributed by atoms with van der Waals surface area (Å²) >= 11 is -0.889. The van der Waals surface area contributed by atoms with E-state index in [-0.39, 0.29) is 0 Å². The summed E-state index contributed by atoms with van der Waals surface area (Å²) in [5.41, 5.74) is 2.32. The van der Waals surface area contributed by atoms with Gasteiger partial charge in [0.2, 0.25) is 0 Å². The molecular weight excluding hydrogens is 396 g/mol. The fourth-order valence-corrected chi connectivity index (χ4v) is 0.751. The Hall–Kier alpha value is 0.0203. The third-order valence-corrected chi connectivity index (χ3v) is 1.39. The van der Waals surface area contributed by atoms with Crippen molar-refractivity contribution in [2.24, 2.45) is 0 Å². The summed E-state index contributed by atoms with van der Waals surface area (Å²) in [6.07, 6.45) is 0. The van der Waals surface area contributed by atoms with Crippen molar-refractivity contribution >= 4 is 18.4 Å². The first-order valence-electron chi connectivity index (χ1n) is 4.17. The first kappa shape index (κ1) is 15.0. The normalized spacial score (nSPS) is 8.00. The molecule has 2 rings (SSSR count). The molecule has 0 saturated carbocycles. The molecule has 0 heterocycles.